The summed E-state index contributed by atoms with van der Waals surface area (Å²) in [7, 11) is 0. The number of fused-ring (bicyclic) bond motifs is 2. The van der Waals surface area contributed by atoms with Crippen LogP contribution >= 0.6 is 11.8 Å². The van der Waals surface area contributed by atoms with Crippen molar-refractivity contribution in [3.05, 3.63) is 78.1 Å². The second-order valence-corrected chi connectivity index (χ2v) is 11.3. The second-order valence-electron chi connectivity index (χ2n) is 10.2. The number of amides is 1. The van der Waals surface area contributed by atoms with E-state index in [-0.39, 0.29) is 11.7 Å². The number of carbonyl (C=O) groups is 1. The quantitative estimate of drug-likeness (QED) is 0.376. The molecule has 3 aromatic rings. The monoisotopic (exact) mass is 556 g/mol. The van der Waals surface area contributed by atoms with Crippen LogP contribution in [0.25, 0.3) is 0 Å². The van der Waals surface area contributed by atoms with Gasteiger partial charge in [-0.15, -0.1) is 0 Å². The van der Waals surface area contributed by atoms with E-state index in [0.717, 1.165) is 53.3 Å². The Labute approximate surface area is 228 Å². The van der Waals surface area contributed by atoms with Crippen LogP contribution in [0.4, 0.5) is 34.6 Å². The van der Waals surface area contributed by atoms with Gasteiger partial charge in [0.2, 0.25) is 5.91 Å². The van der Waals surface area contributed by atoms with Gasteiger partial charge in [-0.1, -0.05) is 23.9 Å². The number of piperidine rings is 1. The lowest BCUT2D eigenvalue weighted by molar-refractivity contribution is -0.137. The standard InChI is InChI=1S/C29H28F4N4OS/c30-21-7-9-22(10-8-21)37-19-34-27(38)28(37)12-16-35(17-13-28)14-3-15-36-23-4-1-2-5-25(23)39-26-11-6-20(18-24(26)36)29(31,32)33/h1-2,4-11,18H,3,12-17,19H2,(H,34,38). The summed E-state index contributed by atoms with van der Waals surface area (Å²) in [5.41, 5.74) is 1.03. The minimum Gasteiger partial charge on any atom is -0.340 e. The number of benzene rings is 3. The van der Waals surface area contributed by atoms with Crippen molar-refractivity contribution >= 4 is 34.7 Å². The third-order valence-corrected chi connectivity index (χ3v) is 9.10. The maximum absolute atomic E-state index is 13.5. The van der Waals surface area contributed by atoms with Gasteiger partial charge in [0.15, 0.2) is 0 Å². The summed E-state index contributed by atoms with van der Waals surface area (Å²) in [4.78, 5) is 21.1. The number of para-hydroxylation sites is 1. The number of nitrogens with zero attached hydrogens (tertiary/aromatic N) is 3. The van der Waals surface area contributed by atoms with Crippen molar-refractivity contribution < 1.29 is 22.4 Å². The topological polar surface area (TPSA) is 38.8 Å². The fraction of sp³-hybridized carbons (Fsp3) is 0.345. The molecule has 6 rings (SSSR count). The number of anilines is 3. The van der Waals surface area contributed by atoms with E-state index in [1.165, 1.54) is 30.0 Å². The predicted octanol–water partition coefficient (Wildman–Crippen LogP) is 6.27. The highest BCUT2D eigenvalue weighted by molar-refractivity contribution is 7.99. The Morgan fingerprint density at radius 3 is 2.36 bits per heavy atom. The van der Waals surface area contributed by atoms with Gasteiger partial charge in [-0.05, 0) is 80.4 Å². The Balaban J connectivity index is 1.13. The first-order valence-corrected chi connectivity index (χ1v) is 13.9. The van der Waals surface area contributed by atoms with E-state index < -0.39 is 17.3 Å². The average molecular weight is 557 g/mol. The van der Waals surface area contributed by atoms with E-state index in [1.807, 2.05) is 34.1 Å². The van der Waals surface area contributed by atoms with Crippen molar-refractivity contribution in [2.24, 2.45) is 0 Å². The van der Waals surface area contributed by atoms with Gasteiger partial charge in [-0.25, -0.2) is 4.39 Å². The first-order chi connectivity index (χ1) is 18.7. The molecule has 0 atom stereocenters. The van der Waals surface area contributed by atoms with Gasteiger partial charge in [0, 0.05) is 35.1 Å². The molecule has 2 saturated heterocycles. The van der Waals surface area contributed by atoms with Crippen LogP contribution in [0.2, 0.25) is 0 Å². The van der Waals surface area contributed by atoms with Crippen LogP contribution in [-0.2, 0) is 11.0 Å². The molecule has 3 aromatic carbocycles. The third kappa shape index (κ3) is 4.84. The number of nitrogens with one attached hydrogen (secondary N) is 1. The first kappa shape index (κ1) is 26.0. The fourth-order valence-corrected chi connectivity index (χ4v) is 6.97. The first-order valence-electron chi connectivity index (χ1n) is 13.0. The van der Waals surface area contributed by atoms with Crippen LogP contribution < -0.4 is 15.1 Å². The van der Waals surface area contributed by atoms with E-state index in [9.17, 15) is 22.4 Å². The Hall–Kier alpha value is -3.24. The highest BCUT2D eigenvalue weighted by Gasteiger charge is 2.50. The largest absolute Gasteiger partial charge is 0.416 e. The zero-order valence-corrected chi connectivity index (χ0v) is 22.0. The number of halogens is 4. The minimum atomic E-state index is -4.40. The average Bonchev–Trinajstić information content (AvgIpc) is 3.24. The van der Waals surface area contributed by atoms with Crippen molar-refractivity contribution in [1.82, 2.24) is 10.2 Å². The summed E-state index contributed by atoms with van der Waals surface area (Å²) in [5.74, 6) is -0.306. The molecule has 10 heteroatoms. The van der Waals surface area contributed by atoms with E-state index in [4.69, 9.17) is 0 Å². The van der Waals surface area contributed by atoms with Crippen LogP contribution in [0.3, 0.4) is 0 Å². The minimum absolute atomic E-state index is 0.00553. The van der Waals surface area contributed by atoms with Crippen LogP contribution in [-0.4, -0.2) is 49.2 Å². The van der Waals surface area contributed by atoms with Gasteiger partial charge in [0.1, 0.15) is 11.4 Å². The predicted molar refractivity (Wildman–Crippen MR) is 144 cm³/mol. The summed E-state index contributed by atoms with van der Waals surface area (Å²) in [6, 6.07) is 18.0. The molecule has 3 heterocycles. The van der Waals surface area contributed by atoms with Crippen molar-refractivity contribution in [2.45, 2.75) is 40.8 Å². The molecule has 0 saturated carbocycles. The maximum Gasteiger partial charge on any atom is 0.416 e. The number of rotatable bonds is 5. The smallest absolute Gasteiger partial charge is 0.340 e. The van der Waals surface area contributed by atoms with E-state index >= 15 is 0 Å². The number of likely N-dealkylation sites (tertiary alicyclic amines) is 1. The lowest BCUT2D eigenvalue weighted by Crippen LogP contribution is -2.56. The van der Waals surface area contributed by atoms with Gasteiger partial charge in [0.05, 0.1) is 23.6 Å². The second kappa shape index (κ2) is 10.1. The Morgan fingerprint density at radius 2 is 1.62 bits per heavy atom. The SMILES string of the molecule is O=C1NCN(c2ccc(F)cc2)C12CCN(CCCN1c3ccccc3Sc3ccc(C(F)(F)F)cc31)CC2. The van der Waals surface area contributed by atoms with Gasteiger partial charge in [-0.2, -0.15) is 13.2 Å². The summed E-state index contributed by atoms with van der Waals surface area (Å²) < 4.78 is 54.0. The number of carbonyl (C=O) groups excluding carboxylic acids is 1. The lowest BCUT2D eigenvalue weighted by Gasteiger charge is -2.43. The third-order valence-electron chi connectivity index (χ3n) is 7.97. The zero-order valence-electron chi connectivity index (χ0n) is 21.2. The summed E-state index contributed by atoms with van der Waals surface area (Å²) in [6.07, 6.45) is -2.34. The van der Waals surface area contributed by atoms with Crippen LogP contribution in [0, 0.1) is 5.82 Å². The van der Waals surface area contributed by atoms with E-state index in [0.29, 0.717) is 31.7 Å². The molecule has 2 fully saturated rings. The molecule has 3 aliphatic rings. The molecular weight excluding hydrogens is 528 g/mol. The van der Waals surface area contributed by atoms with E-state index in [2.05, 4.69) is 10.2 Å². The molecule has 0 unspecified atom stereocenters. The van der Waals surface area contributed by atoms with Crippen molar-refractivity contribution in [3.63, 3.8) is 0 Å². The van der Waals surface area contributed by atoms with Crippen molar-refractivity contribution in [2.75, 3.05) is 42.6 Å². The van der Waals surface area contributed by atoms with E-state index in [1.54, 1.807) is 18.2 Å². The molecule has 3 aliphatic heterocycles. The molecular formula is C29H28F4N4OS. The van der Waals surface area contributed by atoms with Crippen LogP contribution in [0.1, 0.15) is 24.8 Å². The highest BCUT2D eigenvalue weighted by atomic mass is 32.2. The Bertz CT molecular complexity index is 1370. The Morgan fingerprint density at radius 1 is 0.897 bits per heavy atom. The fourth-order valence-electron chi connectivity index (χ4n) is 5.89. The summed E-state index contributed by atoms with van der Waals surface area (Å²) in [6.45, 7) is 3.21. The zero-order chi connectivity index (χ0) is 27.2. The highest BCUT2D eigenvalue weighted by Crippen LogP contribution is 2.49. The van der Waals surface area contributed by atoms with Gasteiger partial charge < -0.3 is 20.0 Å². The van der Waals surface area contributed by atoms with Crippen molar-refractivity contribution in [3.8, 4) is 0 Å². The van der Waals surface area contributed by atoms with Crippen LogP contribution in [0.15, 0.2) is 76.5 Å². The molecule has 1 N–H and O–H groups in total. The number of hydrogen-bond donors (Lipinski definition) is 1. The number of alkyl halides is 3. The summed E-state index contributed by atoms with van der Waals surface area (Å²) in [5, 5.41) is 2.96. The van der Waals surface area contributed by atoms with Crippen LogP contribution in [0.5, 0.6) is 0 Å². The molecule has 0 aliphatic carbocycles. The lowest BCUT2D eigenvalue weighted by atomic mass is 9.85. The molecule has 0 radical (unpaired) electrons. The molecule has 0 aromatic heterocycles. The molecule has 39 heavy (non-hydrogen) atoms. The molecule has 0 bridgehead atoms. The van der Waals surface area contributed by atoms with Gasteiger partial charge in [0.25, 0.3) is 0 Å². The van der Waals surface area contributed by atoms with Gasteiger partial charge >= 0.3 is 6.18 Å². The normalized spacial score (nSPS) is 18.7. The Kier molecular flexibility index (Phi) is 6.71. The molecule has 1 spiro atoms. The van der Waals surface area contributed by atoms with Gasteiger partial charge in [-0.3, -0.25) is 4.79 Å². The molecule has 5 nitrogen and oxygen atoms in total. The molecule has 204 valence electrons. The molecule has 1 amide bonds. The van der Waals surface area contributed by atoms with Crippen molar-refractivity contribution in [1.29, 1.82) is 0 Å². The summed E-state index contributed by atoms with van der Waals surface area (Å²) >= 11 is 1.49. The maximum atomic E-state index is 13.5. The number of hydrogen-bond acceptors (Lipinski definition) is 5.